The van der Waals surface area contributed by atoms with Gasteiger partial charge in [-0.15, -0.1) is 0 Å². The van der Waals surface area contributed by atoms with E-state index < -0.39 is 0 Å². The van der Waals surface area contributed by atoms with Crippen molar-refractivity contribution in [3.05, 3.63) is 29.8 Å². The first-order valence-corrected chi connectivity index (χ1v) is 6.10. The summed E-state index contributed by atoms with van der Waals surface area (Å²) in [4.78, 5) is 11.9. The molecule has 0 aliphatic rings. The number of amides is 1. The number of para-hydroxylation sites is 1. The van der Waals surface area contributed by atoms with Gasteiger partial charge in [-0.1, -0.05) is 12.1 Å². The number of benzene rings is 1. The second-order valence-corrected chi connectivity index (χ2v) is 3.83. The standard InChI is InChI=1S/C13H21N3O/c1-2-15-12-8-4-3-7-11(12)13(17)16-10-6-5-9-14/h3-4,7-8,15H,2,5-6,9-10,14H2,1H3,(H,16,17). The molecule has 0 bridgehead atoms. The highest BCUT2D eigenvalue weighted by Crippen LogP contribution is 2.14. The van der Waals surface area contributed by atoms with Crippen LogP contribution in [0.5, 0.6) is 0 Å². The summed E-state index contributed by atoms with van der Waals surface area (Å²) in [5.74, 6) is -0.0291. The average molecular weight is 235 g/mol. The van der Waals surface area contributed by atoms with Crippen LogP contribution in [-0.2, 0) is 0 Å². The minimum absolute atomic E-state index is 0.0291. The lowest BCUT2D eigenvalue weighted by molar-refractivity contribution is 0.0954. The lowest BCUT2D eigenvalue weighted by atomic mass is 10.1. The van der Waals surface area contributed by atoms with E-state index in [0.29, 0.717) is 18.7 Å². The number of anilines is 1. The average Bonchev–Trinajstić information content (AvgIpc) is 2.35. The van der Waals surface area contributed by atoms with Crippen molar-refractivity contribution in [1.29, 1.82) is 0 Å². The Hall–Kier alpha value is -1.55. The Balaban J connectivity index is 2.55. The fourth-order valence-electron chi connectivity index (χ4n) is 1.59. The zero-order chi connectivity index (χ0) is 12.5. The minimum atomic E-state index is -0.0291. The first-order chi connectivity index (χ1) is 8.29. The molecule has 4 nitrogen and oxygen atoms in total. The molecule has 0 spiro atoms. The van der Waals surface area contributed by atoms with E-state index >= 15 is 0 Å². The van der Waals surface area contributed by atoms with E-state index in [1.54, 1.807) is 0 Å². The Morgan fingerprint density at radius 3 is 2.76 bits per heavy atom. The van der Waals surface area contributed by atoms with E-state index in [1.807, 2.05) is 31.2 Å². The van der Waals surface area contributed by atoms with Gasteiger partial charge >= 0.3 is 0 Å². The lowest BCUT2D eigenvalue weighted by Gasteiger charge is -2.10. The van der Waals surface area contributed by atoms with Gasteiger partial charge in [-0.3, -0.25) is 4.79 Å². The molecule has 1 aromatic carbocycles. The molecule has 0 fully saturated rings. The molecule has 0 heterocycles. The van der Waals surface area contributed by atoms with Crippen molar-refractivity contribution in [2.75, 3.05) is 25.0 Å². The van der Waals surface area contributed by atoms with Crippen LogP contribution in [0.2, 0.25) is 0 Å². The summed E-state index contributed by atoms with van der Waals surface area (Å²) < 4.78 is 0. The van der Waals surface area contributed by atoms with Crippen molar-refractivity contribution in [2.45, 2.75) is 19.8 Å². The third kappa shape index (κ3) is 4.44. The van der Waals surface area contributed by atoms with Crippen LogP contribution in [0.15, 0.2) is 24.3 Å². The van der Waals surface area contributed by atoms with Crippen molar-refractivity contribution in [3.8, 4) is 0 Å². The van der Waals surface area contributed by atoms with Crippen LogP contribution in [-0.4, -0.2) is 25.5 Å². The molecule has 0 radical (unpaired) electrons. The molecule has 0 unspecified atom stereocenters. The van der Waals surface area contributed by atoms with Gasteiger partial charge in [-0.05, 0) is 38.4 Å². The third-order valence-electron chi connectivity index (χ3n) is 2.46. The minimum Gasteiger partial charge on any atom is -0.385 e. The van der Waals surface area contributed by atoms with Crippen molar-refractivity contribution >= 4 is 11.6 Å². The summed E-state index contributed by atoms with van der Waals surface area (Å²) in [7, 11) is 0. The molecule has 1 aromatic rings. The fraction of sp³-hybridized carbons (Fsp3) is 0.462. The first kappa shape index (κ1) is 13.5. The molecule has 94 valence electrons. The third-order valence-corrected chi connectivity index (χ3v) is 2.46. The maximum absolute atomic E-state index is 11.9. The van der Waals surface area contributed by atoms with Crippen LogP contribution >= 0.6 is 0 Å². The van der Waals surface area contributed by atoms with Crippen LogP contribution < -0.4 is 16.4 Å². The molecule has 4 N–H and O–H groups in total. The van der Waals surface area contributed by atoms with E-state index in [4.69, 9.17) is 5.73 Å². The lowest BCUT2D eigenvalue weighted by Crippen LogP contribution is -2.25. The predicted octanol–water partition coefficient (Wildman–Crippen LogP) is 1.59. The van der Waals surface area contributed by atoms with E-state index in [0.717, 1.165) is 25.1 Å². The number of carbonyl (C=O) groups excluding carboxylic acids is 1. The van der Waals surface area contributed by atoms with E-state index in [-0.39, 0.29) is 5.91 Å². The highest BCUT2D eigenvalue weighted by Gasteiger charge is 2.08. The Bertz CT molecular complexity index is 352. The van der Waals surface area contributed by atoms with Gasteiger partial charge in [0.2, 0.25) is 0 Å². The van der Waals surface area contributed by atoms with Gasteiger partial charge in [0.05, 0.1) is 5.56 Å². The zero-order valence-corrected chi connectivity index (χ0v) is 10.3. The molecule has 1 rings (SSSR count). The van der Waals surface area contributed by atoms with E-state index in [1.165, 1.54) is 0 Å². The van der Waals surface area contributed by atoms with E-state index in [2.05, 4.69) is 10.6 Å². The predicted molar refractivity (Wildman–Crippen MR) is 71.2 cm³/mol. The Labute approximate surface area is 103 Å². The van der Waals surface area contributed by atoms with Gasteiger partial charge < -0.3 is 16.4 Å². The molecule has 0 atom stereocenters. The quantitative estimate of drug-likeness (QED) is 0.629. The molecule has 1 amide bonds. The van der Waals surface area contributed by atoms with Crippen LogP contribution in [0.3, 0.4) is 0 Å². The number of unbranched alkanes of at least 4 members (excludes halogenated alkanes) is 1. The number of hydrogen-bond acceptors (Lipinski definition) is 3. The molecule has 0 saturated heterocycles. The molecular weight excluding hydrogens is 214 g/mol. The van der Waals surface area contributed by atoms with Crippen LogP contribution in [0.4, 0.5) is 5.69 Å². The molecule has 0 aliphatic heterocycles. The van der Waals surface area contributed by atoms with Crippen molar-refractivity contribution in [3.63, 3.8) is 0 Å². The summed E-state index contributed by atoms with van der Waals surface area (Å²) in [6.45, 7) is 4.16. The van der Waals surface area contributed by atoms with Crippen LogP contribution in [0, 0.1) is 0 Å². The van der Waals surface area contributed by atoms with Crippen molar-refractivity contribution < 1.29 is 4.79 Å². The topological polar surface area (TPSA) is 67.2 Å². The highest BCUT2D eigenvalue weighted by atomic mass is 16.1. The summed E-state index contributed by atoms with van der Waals surface area (Å²) in [5, 5.41) is 6.08. The fourth-order valence-corrected chi connectivity index (χ4v) is 1.59. The monoisotopic (exact) mass is 235 g/mol. The second-order valence-electron chi connectivity index (χ2n) is 3.83. The van der Waals surface area contributed by atoms with Gasteiger partial charge in [0, 0.05) is 18.8 Å². The summed E-state index contributed by atoms with van der Waals surface area (Å²) in [5.41, 5.74) is 6.97. The Kier molecular flexibility index (Phi) is 6.10. The Morgan fingerprint density at radius 2 is 2.06 bits per heavy atom. The second kappa shape index (κ2) is 7.68. The number of nitrogens with two attached hydrogens (primary N) is 1. The summed E-state index contributed by atoms with van der Waals surface area (Å²) in [6, 6.07) is 7.54. The maximum Gasteiger partial charge on any atom is 0.253 e. The van der Waals surface area contributed by atoms with Gasteiger partial charge in [0.15, 0.2) is 0 Å². The molecule has 0 aliphatic carbocycles. The molecule has 0 saturated carbocycles. The normalized spacial score (nSPS) is 10.0. The molecule has 0 aromatic heterocycles. The first-order valence-electron chi connectivity index (χ1n) is 6.10. The number of hydrogen-bond donors (Lipinski definition) is 3. The molecule has 4 heteroatoms. The van der Waals surface area contributed by atoms with Crippen LogP contribution in [0.1, 0.15) is 30.1 Å². The van der Waals surface area contributed by atoms with Gasteiger partial charge in [0.25, 0.3) is 5.91 Å². The number of carbonyl (C=O) groups is 1. The van der Waals surface area contributed by atoms with Gasteiger partial charge in [-0.2, -0.15) is 0 Å². The molecule has 17 heavy (non-hydrogen) atoms. The van der Waals surface area contributed by atoms with Crippen LogP contribution in [0.25, 0.3) is 0 Å². The Morgan fingerprint density at radius 1 is 1.29 bits per heavy atom. The summed E-state index contributed by atoms with van der Waals surface area (Å²) >= 11 is 0. The van der Waals surface area contributed by atoms with Gasteiger partial charge in [-0.25, -0.2) is 0 Å². The smallest absolute Gasteiger partial charge is 0.253 e. The summed E-state index contributed by atoms with van der Waals surface area (Å²) in [6.07, 6.45) is 1.86. The molecular formula is C13H21N3O. The zero-order valence-electron chi connectivity index (χ0n) is 10.3. The SMILES string of the molecule is CCNc1ccccc1C(=O)NCCCCN. The number of rotatable bonds is 7. The number of nitrogens with one attached hydrogen (secondary N) is 2. The van der Waals surface area contributed by atoms with Crippen molar-refractivity contribution in [2.24, 2.45) is 5.73 Å². The maximum atomic E-state index is 11.9. The van der Waals surface area contributed by atoms with Gasteiger partial charge in [0.1, 0.15) is 0 Å². The van der Waals surface area contributed by atoms with E-state index in [9.17, 15) is 4.79 Å². The largest absolute Gasteiger partial charge is 0.385 e. The van der Waals surface area contributed by atoms with Crippen molar-refractivity contribution in [1.82, 2.24) is 5.32 Å². The highest BCUT2D eigenvalue weighted by molar-refractivity contribution is 5.99.